The molecule has 23 heavy (non-hydrogen) atoms. The van der Waals surface area contributed by atoms with Crippen LogP contribution in [0.5, 0.6) is 0 Å². The van der Waals surface area contributed by atoms with Crippen molar-refractivity contribution in [2.45, 2.75) is 97.3 Å². The quantitative estimate of drug-likeness (QED) is 0.328. The Morgan fingerprint density at radius 1 is 0.739 bits per heavy atom. The highest BCUT2D eigenvalue weighted by molar-refractivity contribution is 5.76. The molecule has 0 atom stereocenters. The number of unbranched alkanes of at least 4 members (excludes halogenated alkanes) is 9. The molecule has 1 amide bonds. The zero-order valence-electron chi connectivity index (χ0n) is 15.3. The van der Waals surface area contributed by atoms with Gasteiger partial charge >= 0.3 is 5.97 Å². The molecule has 4 nitrogen and oxygen atoms in total. The summed E-state index contributed by atoms with van der Waals surface area (Å²) in [5.74, 6) is -0.166. The van der Waals surface area contributed by atoms with E-state index < -0.39 is 0 Å². The molecule has 0 aliphatic rings. The van der Waals surface area contributed by atoms with E-state index in [1.54, 1.807) is 6.92 Å². The predicted octanol–water partition coefficient (Wildman–Crippen LogP) is 4.76. The van der Waals surface area contributed by atoms with Crippen molar-refractivity contribution in [3.05, 3.63) is 0 Å². The maximum Gasteiger partial charge on any atom is 0.305 e. The summed E-state index contributed by atoms with van der Waals surface area (Å²) in [6.45, 7) is 5.20. The van der Waals surface area contributed by atoms with Gasteiger partial charge in [-0.2, -0.15) is 0 Å². The van der Waals surface area contributed by atoms with Gasteiger partial charge in [-0.3, -0.25) is 9.59 Å². The molecule has 0 aliphatic carbocycles. The van der Waals surface area contributed by atoms with Gasteiger partial charge in [0.15, 0.2) is 0 Å². The van der Waals surface area contributed by atoms with Crippen molar-refractivity contribution >= 4 is 11.9 Å². The number of carbonyl (C=O) groups excluding carboxylic acids is 2. The van der Waals surface area contributed by atoms with Gasteiger partial charge in [-0.15, -0.1) is 0 Å². The van der Waals surface area contributed by atoms with Crippen molar-refractivity contribution < 1.29 is 14.3 Å². The van der Waals surface area contributed by atoms with Gasteiger partial charge in [-0.1, -0.05) is 64.7 Å². The number of hydrogen-bond acceptors (Lipinski definition) is 3. The Bertz CT molecular complexity index is 292. The lowest BCUT2D eigenvalue weighted by Crippen LogP contribution is -2.24. The van der Waals surface area contributed by atoms with Crippen LogP contribution < -0.4 is 5.32 Å². The number of hydrogen-bond donors (Lipinski definition) is 1. The van der Waals surface area contributed by atoms with E-state index in [0.717, 1.165) is 13.0 Å². The van der Waals surface area contributed by atoms with Crippen LogP contribution in [0, 0.1) is 0 Å². The molecule has 0 saturated carbocycles. The fourth-order valence-electron chi connectivity index (χ4n) is 2.56. The van der Waals surface area contributed by atoms with E-state index >= 15 is 0 Å². The summed E-state index contributed by atoms with van der Waals surface area (Å²) in [6.07, 6.45) is 14.3. The molecule has 0 rings (SSSR count). The largest absolute Gasteiger partial charge is 0.466 e. The van der Waals surface area contributed by atoms with Crippen LogP contribution in [-0.4, -0.2) is 25.0 Å². The first kappa shape index (κ1) is 21.9. The van der Waals surface area contributed by atoms with Crippen molar-refractivity contribution in [1.29, 1.82) is 0 Å². The van der Waals surface area contributed by atoms with E-state index in [2.05, 4.69) is 12.2 Å². The summed E-state index contributed by atoms with van der Waals surface area (Å²) in [5.41, 5.74) is 0. The molecule has 0 unspecified atom stereocenters. The molecule has 0 aromatic carbocycles. The molecule has 0 aromatic rings. The predicted molar refractivity (Wildman–Crippen MR) is 95.3 cm³/mol. The molecule has 0 radical (unpaired) electrons. The lowest BCUT2D eigenvalue weighted by molar-refractivity contribution is -0.143. The average molecular weight is 328 g/mol. The molecule has 0 aromatic heterocycles. The van der Waals surface area contributed by atoms with Gasteiger partial charge in [0.1, 0.15) is 0 Å². The van der Waals surface area contributed by atoms with Gasteiger partial charge in [0.25, 0.3) is 0 Å². The minimum Gasteiger partial charge on any atom is -0.466 e. The Kier molecular flexibility index (Phi) is 16.5. The van der Waals surface area contributed by atoms with Crippen molar-refractivity contribution in [3.63, 3.8) is 0 Å². The van der Waals surface area contributed by atoms with E-state index in [0.29, 0.717) is 25.9 Å². The van der Waals surface area contributed by atoms with Crippen LogP contribution in [0.3, 0.4) is 0 Å². The molecular weight excluding hydrogens is 290 g/mol. The van der Waals surface area contributed by atoms with E-state index in [1.165, 1.54) is 57.8 Å². The summed E-state index contributed by atoms with van der Waals surface area (Å²) in [7, 11) is 0. The fraction of sp³-hybridized carbons (Fsp3) is 0.895. The lowest BCUT2D eigenvalue weighted by Gasteiger charge is -2.05. The van der Waals surface area contributed by atoms with Gasteiger partial charge in [0, 0.05) is 19.4 Å². The number of nitrogens with one attached hydrogen (secondary N) is 1. The second kappa shape index (κ2) is 17.3. The number of esters is 1. The first-order valence-electron chi connectivity index (χ1n) is 9.63. The molecule has 0 aliphatic heterocycles. The summed E-state index contributed by atoms with van der Waals surface area (Å²) >= 11 is 0. The van der Waals surface area contributed by atoms with Crippen molar-refractivity contribution in [1.82, 2.24) is 5.32 Å². The molecule has 1 N–H and O–H groups in total. The summed E-state index contributed by atoms with van der Waals surface area (Å²) < 4.78 is 4.83. The second-order valence-electron chi connectivity index (χ2n) is 6.19. The monoisotopic (exact) mass is 327 g/mol. The van der Waals surface area contributed by atoms with Crippen molar-refractivity contribution in [2.24, 2.45) is 0 Å². The lowest BCUT2D eigenvalue weighted by atomic mass is 10.1. The molecule has 0 heterocycles. The first-order chi connectivity index (χ1) is 11.2. The van der Waals surface area contributed by atoms with Crippen LogP contribution in [0.25, 0.3) is 0 Å². The third-order valence-corrected chi connectivity index (χ3v) is 3.94. The van der Waals surface area contributed by atoms with Gasteiger partial charge in [-0.25, -0.2) is 0 Å². The fourth-order valence-corrected chi connectivity index (χ4v) is 2.56. The normalized spacial score (nSPS) is 10.5. The Balaban J connectivity index is 3.22. The number of carbonyl (C=O) groups is 2. The topological polar surface area (TPSA) is 55.4 Å². The summed E-state index contributed by atoms with van der Waals surface area (Å²) in [4.78, 5) is 22.7. The highest BCUT2D eigenvalue weighted by Gasteiger charge is 2.05. The Labute approximate surface area is 142 Å². The van der Waals surface area contributed by atoms with Gasteiger partial charge in [-0.05, 0) is 19.8 Å². The highest BCUT2D eigenvalue weighted by atomic mass is 16.5. The van der Waals surface area contributed by atoms with Crippen LogP contribution in [-0.2, 0) is 14.3 Å². The summed E-state index contributed by atoms with van der Waals surface area (Å²) in [5, 5.41) is 2.92. The average Bonchev–Trinajstić information content (AvgIpc) is 2.53. The van der Waals surface area contributed by atoms with Gasteiger partial charge in [0.2, 0.25) is 5.91 Å². The molecule has 136 valence electrons. The zero-order valence-corrected chi connectivity index (χ0v) is 15.3. The van der Waals surface area contributed by atoms with Crippen molar-refractivity contribution in [3.8, 4) is 0 Å². The third kappa shape index (κ3) is 17.1. The Hall–Kier alpha value is -1.06. The molecule has 0 saturated heterocycles. The van der Waals surface area contributed by atoms with Gasteiger partial charge < -0.3 is 10.1 Å². The van der Waals surface area contributed by atoms with Crippen LogP contribution in [0.15, 0.2) is 0 Å². The van der Waals surface area contributed by atoms with Crippen LogP contribution in [0.4, 0.5) is 0 Å². The molecule has 0 fully saturated rings. The second-order valence-corrected chi connectivity index (χ2v) is 6.19. The third-order valence-electron chi connectivity index (χ3n) is 3.94. The minimum absolute atomic E-state index is 0.0465. The van der Waals surface area contributed by atoms with E-state index in [4.69, 9.17) is 4.74 Å². The summed E-state index contributed by atoms with van der Waals surface area (Å²) in [6, 6.07) is 0. The highest BCUT2D eigenvalue weighted by Crippen LogP contribution is 2.10. The van der Waals surface area contributed by atoms with E-state index in [-0.39, 0.29) is 11.9 Å². The van der Waals surface area contributed by atoms with Crippen LogP contribution in [0.1, 0.15) is 97.3 Å². The standard InChI is InChI=1S/C19H37NO3/c1-3-5-6-7-8-9-10-11-12-13-17-20-18(21)15-14-16-19(22)23-4-2/h3-17H2,1-2H3,(H,20,21). The molecule has 4 heteroatoms. The minimum atomic E-state index is -0.213. The first-order valence-corrected chi connectivity index (χ1v) is 9.63. The smallest absolute Gasteiger partial charge is 0.305 e. The van der Waals surface area contributed by atoms with E-state index in [9.17, 15) is 9.59 Å². The van der Waals surface area contributed by atoms with E-state index in [1.807, 2.05) is 0 Å². The Morgan fingerprint density at radius 2 is 1.30 bits per heavy atom. The van der Waals surface area contributed by atoms with Gasteiger partial charge in [0.05, 0.1) is 6.61 Å². The van der Waals surface area contributed by atoms with Crippen LogP contribution in [0.2, 0.25) is 0 Å². The molecular formula is C19H37NO3. The SMILES string of the molecule is CCCCCCCCCCCCNC(=O)CCCC(=O)OCC. The maximum absolute atomic E-state index is 11.6. The molecule has 0 bridgehead atoms. The Morgan fingerprint density at radius 3 is 1.87 bits per heavy atom. The van der Waals surface area contributed by atoms with Crippen molar-refractivity contribution in [2.75, 3.05) is 13.2 Å². The number of ether oxygens (including phenoxy) is 1. The number of rotatable bonds is 16. The zero-order chi connectivity index (χ0) is 17.2. The molecule has 0 spiro atoms. The maximum atomic E-state index is 11.6. The van der Waals surface area contributed by atoms with Crippen LogP contribution >= 0.6 is 0 Å². The number of amides is 1.